The Labute approximate surface area is 212 Å². The molecular formula is C25H34N6O4Si. The van der Waals surface area contributed by atoms with E-state index in [4.69, 9.17) is 14.2 Å². The number of ether oxygens (including phenoxy) is 3. The van der Waals surface area contributed by atoms with Gasteiger partial charge in [0.05, 0.1) is 7.11 Å². The van der Waals surface area contributed by atoms with E-state index in [2.05, 4.69) is 45.5 Å². The Balaban J connectivity index is 1.51. The first-order chi connectivity index (χ1) is 17.3. The maximum Gasteiger partial charge on any atom is 0.412 e. The lowest BCUT2D eigenvalue weighted by Crippen LogP contribution is -2.34. The van der Waals surface area contributed by atoms with E-state index in [0.717, 1.165) is 48.4 Å². The van der Waals surface area contributed by atoms with Crippen molar-refractivity contribution in [1.29, 1.82) is 0 Å². The number of benzene rings is 1. The van der Waals surface area contributed by atoms with Crippen molar-refractivity contribution in [2.75, 3.05) is 13.7 Å². The van der Waals surface area contributed by atoms with Crippen molar-refractivity contribution in [2.45, 2.75) is 64.1 Å². The lowest BCUT2D eigenvalue weighted by Gasteiger charge is -2.15. The number of carbonyl (C=O) groups excluding carboxylic acids is 1. The summed E-state index contributed by atoms with van der Waals surface area (Å²) in [5.74, 6) is 1.61. The van der Waals surface area contributed by atoms with Crippen molar-refractivity contribution in [1.82, 2.24) is 30.5 Å². The van der Waals surface area contributed by atoms with Crippen molar-refractivity contribution >= 4 is 14.2 Å². The minimum absolute atomic E-state index is 0.182. The molecule has 0 aliphatic heterocycles. The van der Waals surface area contributed by atoms with Gasteiger partial charge in [-0.1, -0.05) is 32.5 Å². The molecule has 0 atom stereocenters. The van der Waals surface area contributed by atoms with Gasteiger partial charge < -0.3 is 19.5 Å². The van der Waals surface area contributed by atoms with E-state index in [9.17, 15) is 4.79 Å². The van der Waals surface area contributed by atoms with Crippen molar-refractivity contribution in [3.8, 4) is 34.0 Å². The summed E-state index contributed by atoms with van der Waals surface area (Å²) in [6.45, 7) is 7.87. The molecule has 36 heavy (non-hydrogen) atoms. The van der Waals surface area contributed by atoms with E-state index in [1.807, 2.05) is 6.07 Å². The van der Waals surface area contributed by atoms with E-state index in [-0.39, 0.29) is 12.8 Å². The molecule has 1 amide bonds. The summed E-state index contributed by atoms with van der Waals surface area (Å²) in [5.41, 5.74) is 2.25. The van der Waals surface area contributed by atoms with Crippen molar-refractivity contribution in [2.24, 2.45) is 0 Å². The van der Waals surface area contributed by atoms with Crippen molar-refractivity contribution in [3.63, 3.8) is 0 Å². The molecule has 1 aromatic carbocycles. The van der Waals surface area contributed by atoms with Gasteiger partial charge in [-0.2, -0.15) is 4.68 Å². The lowest BCUT2D eigenvalue weighted by atomic mass is 10.0. The van der Waals surface area contributed by atoms with Gasteiger partial charge in [-0.05, 0) is 53.6 Å². The van der Waals surface area contributed by atoms with Crippen molar-refractivity contribution < 1.29 is 19.0 Å². The SMILES string of the molecule is COc1ccc(OC(=O)NC2CCCC2)cc1-c1cncc(-c2nnnn2COCC[Si](C)(C)C)c1. The highest BCUT2D eigenvalue weighted by atomic mass is 28.3. The number of carbonyl (C=O) groups is 1. The number of aromatic nitrogens is 5. The Bertz CT molecular complexity index is 1170. The molecule has 1 fully saturated rings. The lowest BCUT2D eigenvalue weighted by molar-refractivity contribution is 0.0784. The van der Waals surface area contributed by atoms with E-state index in [1.54, 1.807) is 42.4 Å². The predicted octanol–water partition coefficient (Wildman–Crippen LogP) is 4.75. The normalized spacial score (nSPS) is 14.1. The summed E-state index contributed by atoms with van der Waals surface area (Å²) in [5, 5.41) is 15.0. The third-order valence-electron chi connectivity index (χ3n) is 6.11. The van der Waals surface area contributed by atoms with Gasteiger partial charge in [0.25, 0.3) is 0 Å². The second kappa shape index (κ2) is 11.6. The van der Waals surface area contributed by atoms with Crippen LogP contribution in [0.1, 0.15) is 25.7 Å². The Hall–Kier alpha value is -3.31. The number of nitrogens with one attached hydrogen (secondary N) is 1. The summed E-state index contributed by atoms with van der Waals surface area (Å²) < 4.78 is 18.6. The minimum atomic E-state index is -1.18. The van der Waals surface area contributed by atoms with Gasteiger partial charge >= 0.3 is 6.09 Å². The third kappa shape index (κ3) is 6.88. The summed E-state index contributed by atoms with van der Waals surface area (Å²) >= 11 is 0. The quantitative estimate of drug-likeness (QED) is 0.307. The van der Waals surface area contributed by atoms with E-state index >= 15 is 0 Å². The predicted molar refractivity (Wildman–Crippen MR) is 139 cm³/mol. The van der Waals surface area contributed by atoms with E-state index in [1.165, 1.54) is 0 Å². The van der Waals surface area contributed by atoms with Gasteiger partial charge in [0, 0.05) is 49.8 Å². The van der Waals surface area contributed by atoms with Crippen LogP contribution < -0.4 is 14.8 Å². The van der Waals surface area contributed by atoms with Gasteiger partial charge in [-0.3, -0.25) is 4.98 Å². The zero-order valence-electron chi connectivity index (χ0n) is 21.4. The topological polar surface area (TPSA) is 113 Å². The molecule has 1 aliphatic rings. The molecular weight excluding hydrogens is 476 g/mol. The minimum Gasteiger partial charge on any atom is -0.496 e. The molecule has 1 saturated carbocycles. The zero-order chi connectivity index (χ0) is 25.5. The average molecular weight is 511 g/mol. The molecule has 0 bridgehead atoms. The molecule has 4 rings (SSSR count). The number of tetrazole rings is 1. The third-order valence-corrected chi connectivity index (χ3v) is 7.81. The van der Waals surface area contributed by atoms with Gasteiger partial charge in [0.15, 0.2) is 5.82 Å². The Morgan fingerprint density at radius 3 is 2.67 bits per heavy atom. The maximum atomic E-state index is 12.4. The number of hydrogen-bond donors (Lipinski definition) is 1. The number of hydrogen-bond acceptors (Lipinski definition) is 8. The second-order valence-electron chi connectivity index (χ2n) is 10.2. The fraction of sp³-hybridized carbons (Fsp3) is 0.480. The smallest absolute Gasteiger partial charge is 0.412 e. The Kier molecular flexibility index (Phi) is 8.31. The average Bonchev–Trinajstić information content (AvgIpc) is 3.53. The van der Waals surface area contributed by atoms with Crippen LogP contribution >= 0.6 is 0 Å². The molecule has 0 spiro atoms. The first-order valence-electron chi connectivity index (χ1n) is 12.3. The molecule has 0 saturated heterocycles. The molecule has 11 heteroatoms. The first kappa shape index (κ1) is 25.8. The highest BCUT2D eigenvalue weighted by Gasteiger charge is 2.19. The number of nitrogens with zero attached hydrogens (tertiary/aromatic N) is 5. The molecule has 2 heterocycles. The van der Waals surface area contributed by atoms with Gasteiger partial charge in [0.1, 0.15) is 18.2 Å². The molecule has 10 nitrogen and oxygen atoms in total. The number of pyridine rings is 1. The first-order valence-corrected chi connectivity index (χ1v) is 16.0. The molecule has 1 N–H and O–H groups in total. The Morgan fingerprint density at radius 1 is 1.14 bits per heavy atom. The summed E-state index contributed by atoms with van der Waals surface area (Å²) in [6, 6.07) is 8.44. The van der Waals surface area contributed by atoms with Gasteiger partial charge in [-0.25, -0.2) is 4.79 Å². The van der Waals surface area contributed by atoms with Gasteiger partial charge in [0.2, 0.25) is 0 Å². The fourth-order valence-corrected chi connectivity index (χ4v) is 4.84. The standard InChI is InChI=1S/C25H34N6O4Si/c1-33-23-10-9-21(35-25(32)27-20-7-5-6-8-20)14-22(23)18-13-19(16-26-15-18)24-28-29-30-31(24)17-34-11-12-36(2,3)4/h9-10,13-16,20H,5-8,11-12,17H2,1-4H3,(H,27,32). The summed E-state index contributed by atoms with van der Waals surface area (Å²) in [6.07, 6.45) is 7.23. The monoisotopic (exact) mass is 510 g/mol. The van der Waals surface area contributed by atoms with Crippen LogP contribution in [0.3, 0.4) is 0 Å². The van der Waals surface area contributed by atoms with Gasteiger partial charge in [-0.15, -0.1) is 5.10 Å². The molecule has 3 aromatic rings. The molecule has 192 valence electrons. The van der Waals surface area contributed by atoms with E-state index < -0.39 is 14.2 Å². The van der Waals surface area contributed by atoms with Crippen LogP contribution in [0.2, 0.25) is 25.7 Å². The Morgan fingerprint density at radius 2 is 1.92 bits per heavy atom. The summed E-state index contributed by atoms with van der Waals surface area (Å²) in [7, 11) is 0.420. The van der Waals surface area contributed by atoms with Crippen LogP contribution in [-0.2, 0) is 11.5 Å². The highest BCUT2D eigenvalue weighted by molar-refractivity contribution is 6.76. The maximum absolute atomic E-state index is 12.4. The number of rotatable bonds is 10. The van der Waals surface area contributed by atoms with Crippen LogP contribution in [0, 0.1) is 0 Å². The molecule has 0 radical (unpaired) electrons. The van der Waals surface area contributed by atoms with E-state index in [0.29, 0.717) is 23.9 Å². The molecule has 1 aliphatic carbocycles. The molecule has 2 aromatic heterocycles. The molecule has 0 unspecified atom stereocenters. The largest absolute Gasteiger partial charge is 0.496 e. The summed E-state index contributed by atoms with van der Waals surface area (Å²) in [4.78, 5) is 16.8. The second-order valence-corrected chi connectivity index (χ2v) is 15.8. The zero-order valence-corrected chi connectivity index (χ0v) is 22.4. The number of amides is 1. The van der Waals surface area contributed by atoms with Crippen molar-refractivity contribution in [3.05, 3.63) is 36.7 Å². The van der Waals surface area contributed by atoms with Crippen LogP contribution in [0.15, 0.2) is 36.7 Å². The highest BCUT2D eigenvalue weighted by Crippen LogP contribution is 2.34. The number of methoxy groups -OCH3 is 1. The fourth-order valence-electron chi connectivity index (χ4n) is 4.09. The van der Waals surface area contributed by atoms with Crippen LogP contribution in [0.5, 0.6) is 11.5 Å². The van der Waals surface area contributed by atoms with Crippen LogP contribution in [-0.4, -0.2) is 59.1 Å². The van der Waals surface area contributed by atoms with Crippen LogP contribution in [0.4, 0.5) is 4.79 Å². The van der Waals surface area contributed by atoms with Crippen LogP contribution in [0.25, 0.3) is 22.5 Å².